The zero-order valence-corrected chi connectivity index (χ0v) is 14.9. The van der Waals surface area contributed by atoms with E-state index in [9.17, 15) is 9.59 Å². The van der Waals surface area contributed by atoms with Crippen LogP contribution in [0.2, 0.25) is 0 Å². The zero-order valence-electron chi connectivity index (χ0n) is 14.9. The topological polar surface area (TPSA) is 101 Å². The second-order valence-corrected chi connectivity index (χ2v) is 5.80. The van der Waals surface area contributed by atoms with Crippen molar-refractivity contribution in [2.24, 2.45) is 0 Å². The highest BCUT2D eigenvalue weighted by Gasteiger charge is 2.14. The van der Waals surface area contributed by atoms with Crippen molar-refractivity contribution in [1.82, 2.24) is 0 Å². The van der Waals surface area contributed by atoms with Crippen molar-refractivity contribution in [2.45, 2.75) is 63.9 Å². The van der Waals surface area contributed by atoms with Crippen molar-refractivity contribution in [3.63, 3.8) is 0 Å². The Bertz CT molecular complexity index is 362. The van der Waals surface area contributed by atoms with E-state index in [1.54, 1.807) is 0 Å². The molecule has 8 heteroatoms. The maximum Gasteiger partial charge on any atom is 0.307 e. The van der Waals surface area contributed by atoms with Gasteiger partial charge in [0, 0.05) is 13.2 Å². The summed E-state index contributed by atoms with van der Waals surface area (Å²) in [6, 6.07) is 0. The first kappa shape index (κ1) is 21.8. The molecule has 2 saturated heterocycles. The van der Waals surface area contributed by atoms with Crippen LogP contribution in [0.25, 0.3) is 0 Å². The van der Waals surface area contributed by atoms with Crippen LogP contribution in [-0.2, 0) is 33.3 Å². The van der Waals surface area contributed by atoms with E-state index in [1.807, 2.05) is 0 Å². The van der Waals surface area contributed by atoms with Gasteiger partial charge < -0.3 is 28.8 Å². The summed E-state index contributed by atoms with van der Waals surface area (Å²) < 4.78 is 25.6. The van der Waals surface area contributed by atoms with Crippen molar-refractivity contribution in [3.8, 4) is 0 Å². The highest BCUT2D eigenvalue weighted by atomic mass is 16.7. The normalized spacial score (nSPS) is 23.2. The number of methoxy groups -OCH3 is 1. The molecule has 0 saturated carbocycles. The van der Waals surface area contributed by atoms with Gasteiger partial charge in [0.15, 0.2) is 12.6 Å². The van der Waals surface area contributed by atoms with Crippen LogP contribution in [0.1, 0.15) is 51.4 Å². The quantitative estimate of drug-likeness (QED) is 0.655. The van der Waals surface area contributed by atoms with Crippen LogP contribution in [0.4, 0.5) is 0 Å². The molecule has 0 aromatic rings. The standard InChI is InChI=1S/C9H16O4.C8H14O4/c1-11-8(10)5-7-13-9-4-2-3-6-12-9;9-7(10)4-6-12-8-3-1-2-5-11-8/h9H,2-7H2,1H3;8H,1-6H2,(H,9,10). The van der Waals surface area contributed by atoms with Gasteiger partial charge in [0.05, 0.1) is 33.2 Å². The van der Waals surface area contributed by atoms with Gasteiger partial charge in [0.2, 0.25) is 0 Å². The monoisotopic (exact) mass is 362 g/mol. The number of aliphatic carboxylic acids is 1. The summed E-state index contributed by atoms with van der Waals surface area (Å²) >= 11 is 0. The summed E-state index contributed by atoms with van der Waals surface area (Å²) in [6.07, 6.45) is 6.34. The van der Waals surface area contributed by atoms with E-state index in [0.717, 1.165) is 51.7 Å². The first-order chi connectivity index (χ1) is 12.1. The molecule has 0 spiro atoms. The number of carboxylic acid groups (broad SMARTS) is 1. The SMILES string of the molecule is COC(=O)CCOC1CCCCO1.O=C(O)CCOC1CCCCO1. The number of esters is 1. The van der Waals surface area contributed by atoms with Crippen LogP contribution in [0, 0.1) is 0 Å². The van der Waals surface area contributed by atoms with Crippen molar-refractivity contribution < 1.29 is 38.4 Å². The van der Waals surface area contributed by atoms with E-state index in [1.165, 1.54) is 7.11 Å². The lowest BCUT2D eigenvalue weighted by Crippen LogP contribution is -2.23. The third-order valence-electron chi connectivity index (χ3n) is 3.73. The Kier molecular flexibility index (Phi) is 12.2. The summed E-state index contributed by atoms with van der Waals surface area (Å²) in [5, 5.41) is 8.32. The highest BCUT2D eigenvalue weighted by Crippen LogP contribution is 2.14. The van der Waals surface area contributed by atoms with Crippen LogP contribution < -0.4 is 0 Å². The third kappa shape index (κ3) is 11.9. The largest absolute Gasteiger partial charge is 0.481 e. The molecule has 0 radical (unpaired) electrons. The van der Waals surface area contributed by atoms with Gasteiger partial charge in [-0.1, -0.05) is 0 Å². The fraction of sp³-hybridized carbons (Fsp3) is 0.882. The smallest absolute Gasteiger partial charge is 0.307 e. The molecule has 2 aliphatic heterocycles. The number of rotatable bonds is 8. The molecule has 0 aromatic carbocycles. The number of carbonyl (C=O) groups excluding carboxylic acids is 1. The summed E-state index contributed by atoms with van der Waals surface area (Å²) in [4.78, 5) is 20.8. The van der Waals surface area contributed by atoms with Crippen molar-refractivity contribution in [3.05, 3.63) is 0 Å². The maximum atomic E-state index is 10.7. The fourth-order valence-corrected chi connectivity index (χ4v) is 2.34. The van der Waals surface area contributed by atoms with Gasteiger partial charge in [-0.2, -0.15) is 0 Å². The van der Waals surface area contributed by atoms with Crippen LogP contribution in [0.3, 0.4) is 0 Å². The average molecular weight is 362 g/mol. The second kappa shape index (κ2) is 14.0. The second-order valence-electron chi connectivity index (χ2n) is 5.80. The van der Waals surface area contributed by atoms with E-state index in [-0.39, 0.29) is 31.6 Å². The molecule has 146 valence electrons. The van der Waals surface area contributed by atoms with Gasteiger partial charge in [0.25, 0.3) is 0 Å². The molecule has 2 aliphatic rings. The Hall–Kier alpha value is -1.22. The van der Waals surface area contributed by atoms with E-state index < -0.39 is 5.97 Å². The number of carboxylic acids is 1. The van der Waals surface area contributed by atoms with Gasteiger partial charge in [-0.3, -0.25) is 9.59 Å². The highest BCUT2D eigenvalue weighted by molar-refractivity contribution is 5.69. The Balaban J connectivity index is 0.000000251. The van der Waals surface area contributed by atoms with Crippen LogP contribution >= 0.6 is 0 Å². The van der Waals surface area contributed by atoms with Crippen LogP contribution in [0.5, 0.6) is 0 Å². The van der Waals surface area contributed by atoms with Crippen LogP contribution in [0.15, 0.2) is 0 Å². The first-order valence-electron chi connectivity index (χ1n) is 8.87. The molecule has 2 fully saturated rings. The third-order valence-corrected chi connectivity index (χ3v) is 3.73. The number of hydrogen-bond donors (Lipinski definition) is 1. The molecule has 8 nitrogen and oxygen atoms in total. The maximum absolute atomic E-state index is 10.7. The minimum absolute atomic E-state index is 0.0554. The summed E-state index contributed by atoms with van der Waals surface area (Å²) in [7, 11) is 1.37. The zero-order chi connectivity index (χ0) is 18.3. The molecule has 2 rings (SSSR count). The first-order valence-corrected chi connectivity index (χ1v) is 8.87. The van der Waals surface area contributed by atoms with Crippen molar-refractivity contribution in [2.75, 3.05) is 33.5 Å². The summed E-state index contributed by atoms with van der Waals surface area (Å²) in [5.41, 5.74) is 0. The van der Waals surface area contributed by atoms with Gasteiger partial charge in [-0.15, -0.1) is 0 Å². The predicted octanol–water partition coefficient (Wildman–Crippen LogP) is 2.10. The fourth-order valence-electron chi connectivity index (χ4n) is 2.34. The molecule has 0 amide bonds. The molecular formula is C17H30O8. The molecule has 0 bridgehead atoms. The molecule has 1 N–H and O–H groups in total. The Morgan fingerprint density at radius 2 is 1.44 bits per heavy atom. The van der Waals surface area contributed by atoms with Gasteiger partial charge >= 0.3 is 11.9 Å². The van der Waals surface area contributed by atoms with Crippen molar-refractivity contribution in [1.29, 1.82) is 0 Å². The van der Waals surface area contributed by atoms with Gasteiger partial charge in [0.1, 0.15) is 0 Å². The Morgan fingerprint density at radius 3 is 1.84 bits per heavy atom. The van der Waals surface area contributed by atoms with E-state index in [0.29, 0.717) is 13.0 Å². The molecule has 2 atom stereocenters. The molecule has 0 aromatic heterocycles. The molecule has 25 heavy (non-hydrogen) atoms. The Morgan fingerprint density at radius 1 is 0.920 bits per heavy atom. The van der Waals surface area contributed by atoms with Gasteiger partial charge in [-0.25, -0.2) is 0 Å². The minimum Gasteiger partial charge on any atom is -0.481 e. The lowest BCUT2D eigenvalue weighted by atomic mass is 10.2. The van der Waals surface area contributed by atoms with Crippen LogP contribution in [-0.4, -0.2) is 63.2 Å². The van der Waals surface area contributed by atoms with Gasteiger partial charge in [-0.05, 0) is 38.5 Å². The summed E-state index contributed by atoms with van der Waals surface area (Å²) in [6.45, 7) is 2.14. The number of hydrogen-bond acceptors (Lipinski definition) is 7. The molecular weight excluding hydrogens is 332 g/mol. The van der Waals surface area contributed by atoms with Crippen molar-refractivity contribution >= 4 is 11.9 Å². The lowest BCUT2D eigenvalue weighted by Gasteiger charge is -2.22. The molecule has 2 heterocycles. The molecule has 2 unspecified atom stereocenters. The number of carbonyl (C=O) groups is 2. The predicted molar refractivity (Wildman–Crippen MR) is 88.0 cm³/mol. The number of ether oxygens (including phenoxy) is 5. The van der Waals surface area contributed by atoms with E-state index in [4.69, 9.17) is 24.1 Å². The van der Waals surface area contributed by atoms with E-state index >= 15 is 0 Å². The molecule has 0 aliphatic carbocycles. The summed E-state index contributed by atoms with van der Waals surface area (Å²) in [5.74, 6) is -1.07. The van der Waals surface area contributed by atoms with E-state index in [2.05, 4.69) is 4.74 Å². The average Bonchev–Trinajstić information content (AvgIpc) is 2.63. The minimum atomic E-state index is -0.828. The lowest BCUT2D eigenvalue weighted by molar-refractivity contribution is -0.168. The Labute approximate surface area is 148 Å².